The van der Waals surface area contributed by atoms with Crippen LogP contribution in [0.25, 0.3) is 0 Å². The SMILES string of the molecule is CCC(CC)NC(=O)CN(c1ccccc1OC)S(=O)(=O)c1ccc(F)cc1. The number of carbonyl (C=O) groups excluding carboxylic acids is 1. The molecule has 152 valence electrons. The number of rotatable bonds is 9. The molecule has 0 heterocycles. The maximum absolute atomic E-state index is 13.3. The Hall–Kier alpha value is -2.61. The van der Waals surface area contributed by atoms with Crippen LogP contribution < -0.4 is 14.4 Å². The number of amides is 1. The molecule has 0 unspecified atom stereocenters. The molecule has 1 amide bonds. The van der Waals surface area contributed by atoms with Crippen molar-refractivity contribution in [3.05, 3.63) is 54.3 Å². The molecule has 2 aromatic rings. The first kappa shape index (κ1) is 21.7. The summed E-state index contributed by atoms with van der Waals surface area (Å²) in [6.07, 6.45) is 1.48. The topological polar surface area (TPSA) is 75.7 Å². The van der Waals surface area contributed by atoms with Crippen molar-refractivity contribution >= 4 is 21.6 Å². The van der Waals surface area contributed by atoms with E-state index in [1.54, 1.807) is 24.3 Å². The van der Waals surface area contributed by atoms with Gasteiger partial charge in [-0.05, 0) is 49.2 Å². The lowest BCUT2D eigenvalue weighted by molar-refractivity contribution is -0.120. The number of ether oxygens (including phenoxy) is 1. The van der Waals surface area contributed by atoms with Crippen LogP contribution in [-0.2, 0) is 14.8 Å². The van der Waals surface area contributed by atoms with Crippen molar-refractivity contribution in [3.8, 4) is 5.75 Å². The first-order valence-electron chi connectivity index (χ1n) is 9.04. The number of para-hydroxylation sites is 2. The molecule has 2 aromatic carbocycles. The fraction of sp³-hybridized carbons (Fsp3) is 0.350. The molecule has 0 bridgehead atoms. The predicted octanol–water partition coefficient (Wildman–Crippen LogP) is 3.33. The van der Waals surface area contributed by atoms with E-state index < -0.39 is 28.3 Å². The normalized spacial score (nSPS) is 11.3. The first-order valence-corrected chi connectivity index (χ1v) is 10.5. The lowest BCUT2D eigenvalue weighted by atomic mass is 10.2. The lowest BCUT2D eigenvalue weighted by Crippen LogP contribution is -2.44. The van der Waals surface area contributed by atoms with Gasteiger partial charge in [0.05, 0.1) is 17.7 Å². The Morgan fingerprint density at radius 2 is 1.71 bits per heavy atom. The molecule has 0 radical (unpaired) electrons. The van der Waals surface area contributed by atoms with Crippen LogP contribution in [-0.4, -0.2) is 34.0 Å². The summed E-state index contributed by atoms with van der Waals surface area (Å²) in [6, 6.07) is 11.0. The molecule has 0 atom stereocenters. The number of methoxy groups -OCH3 is 1. The van der Waals surface area contributed by atoms with E-state index in [1.807, 2.05) is 13.8 Å². The summed E-state index contributed by atoms with van der Waals surface area (Å²) in [5, 5.41) is 2.84. The van der Waals surface area contributed by atoms with Crippen molar-refractivity contribution in [2.75, 3.05) is 18.0 Å². The van der Waals surface area contributed by atoms with Gasteiger partial charge in [0.15, 0.2) is 0 Å². The molecule has 0 aromatic heterocycles. The highest BCUT2D eigenvalue weighted by molar-refractivity contribution is 7.92. The third kappa shape index (κ3) is 5.01. The number of hydrogen-bond donors (Lipinski definition) is 1. The molecule has 0 aliphatic rings. The molecule has 0 saturated heterocycles. The third-order valence-corrected chi connectivity index (χ3v) is 6.17. The Kier molecular flexibility index (Phi) is 7.39. The predicted molar refractivity (Wildman–Crippen MR) is 106 cm³/mol. The average Bonchev–Trinajstić information content (AvgIpc) is 2.70. The van der Waals surface area contributed by atoms with Crippen molar-refractivity contribution in [1.29, 1.82) is 0 Å². The number of hydrogen-bond acceptors (Lipinski definition) is 4. The minimum absolute atomic E-state index is 0.0412. The zero-order chi connectivity index (χ0) is 20.7. The van der Waals surface area contributed by atoms with E-state index in [-0.39, 0.29) is 16.6 Å². The second-order valence-corrected chi connectivity index (χ2v) is 8.08. The molecule has 0 saturated carbocycles. The van der Waals surface area contributed by atoms with E-state index in [4.69, 9.17) is 4.74 Å². The van der Waals surface area contributed by atoms with E-state index in [2.05, 4.69) is 5.32 Å². The summed E-state index contributed by atoms with van der Waals surface area (Å²) >= 11 is 0. The van der Waals surface area contributed by atoms with E-state index in [9.17, 15) is 17.6 Å². The van der Waals surface area contributed by atoms with Crippen LogP contribution in [0.1, 0.15) is 26.7 Å². The number of halogens is 1. The summed E-state index contributed by atoms with van der Waals surface area (Å²) in [7, 11) is -2.70. The largest absolute Gasteiger partial charge is 0.495 e. The molecule has 8 heteroatoms. The minimum atomic E-state index is -4.12. The fourth-order valence-corrected chi connectivity index (χ4v) is 4.20. The van der Waals surface area contributed by atoms with Gasteiger partial charge in [-0.1, -0.05) is 26.0 Å². The van der Waals surface area contributed by atoms with E-state index in [1.165, 1.54) is 19.2 Å². The van der Waals surface area contributed by atoms with Crippen molar-refractivity contribution < 1.29 is 22.3 Å². The van der Waals surface area contributed by atoms with Crippen LogP contribution in [0.15, 0.2) is 53.4 Å². The molecule has 28 heavy (non-hydrogen) atoms. The Morgan fingerprint density at radius 3 is 2.29 bits per heavy atom. The van der Waals surface area contributed by atoms with Crippen molar-refractivity contribution in [2.45, 2.75) is 37.6 Å². The van der Waals surface area contributed by atoms with E-state index in [0.29, 0.717) is 5.75 Å². The number of sulfonamides is 1. The Morgan fingerprint density at radius 1 is 1.11 bits per heavy atom. The first-order chi connectivity index (χ1) is 13.3. The van der Waals surface area contributed by atoms with Crippen LogP contribution in [0.3, 0.4) is 0 Å². The molecule has 0 aliphatic carbocycles. The van der Waals surface area contributed by atoms with Crippen molar-refractivity contribution in [3.63, 3.8) is 0 Å². The van der Waals surface area contributed by atoms with Gasteiger partial charge in [-0.3, -0.25) is 9.10 Å². The summed E-state index contributed by atoms with van der Waals surface area (Å²) < 4.78 is 46.0. The maximum atomic E-state index is 13.3. The second kappa shape index (κ2) is 9.54. The highest BCUT2D eigenvalue weighted by Crippen LogP contribution is 2.32. The number of carbonyl (C=O) groups is 1. The molecular weight excluding hydrogens is 383 g/mol. The molecule has 6 nitrogen and oxygen atoms in total. The molecule has 0 aliphatic heterocycles. The number of nitrogens with one attached hydrogen (secondary N) is 1. The standard InChI is InChI=1S/C20H25FN2O4S/c1-4-16(5-2)22-20(24)14-23(18-8-6-7-9-19(18)27-3)28(25,26)17-12-10-15(21)11-13-17/h6-13,16H,4-5,14H2,1-3H3,(H,22,24). The van der Waals surface area contributed by atoms with E-state index in [0.717, 1.165) is 29.3 Å². The van der Waals surface area contributed by atoms with Gasteiger partial charge in [0.25, 0.3) is 10.0 Å². The third-order valence-electron chi connectivity index (χ3n) is 4.39. The summed E-state index contributed by atoms with van der Waals surface area (Å²) in [6.45, 7) is 3.47. The Labute approximate surface area is 165 Å². The lowest BCUT2D eigenvalue weighted by Gasteiger charge is -2.26. The van der Waals surface area contributed by atoms with Crippen LogP contribution in [0, 0.1) is 5.82 Å². The van der Waals surface area contributed by atoms with Crippen LogP contribution >= 0.6 is 0 Å². The quantitative estimate of drug-likeness (QED) is 0.691. The second-order valence-electron chi connectivity index (χ2n) is 6.22. The van der Waals surface area contributed by atoms with Crippen molar-refractivity contribution in [1.82, 2.24) is 5.32 Å². The zero-order valence-corrected chi connectivity index (χ0v) is 17.0. The highest BCUT2D eigenvalue weighted by Gasteiger charge is 2.29. The van der Waals surface area contributed by atoms with Gasteiger partial charge >= 0.3 is 0 Å². The van der Waals surface area contributed by atoms with Gasteiger partial charge in [0.2, 0.25) is 5.91 Å². The van der Waals surface area contributed by atoms with Gasteiger partial charge in [0.1, 0.15) is 18.1 Å². The van der Waals surface area contributed by atoms with Crippen LogP contribution in [0.5, 0.6) is 5.75 Å². The molecular formula is C20H25FN2O4S. The maximum Gasteiger partial charge on any atom is 0.264 e. The molecule has 0 spiro atoms. The Balaban J connectivity index is 2.47. The zero-order valence-electron chi connectivity index (χ0n) is 16.2. The van der Waals surface area contributed by atoms with Crippen molar-refractivity contribution in [2.24, 2.45) is 0 Å². The number of anilines is 1. The highest BCUT2D eigenvalue weighted by atomic mass is 32.2. The fourth-order valence-electron chi connectivity index (χ4n) is 2.77. The van der Waals surface area contributed by atoms with Gasteiger partial charge in [-0.15, -0.1) is 0 Å². The minimum Gasteiger partial charge on any atom is -0.495 e. The van der Waals surface area contributed by atoms with Gasteiger partial charge in [0, 0.05) is 6.04 Å². The monoisotopic (exact) mass is 408 g/mol. The summed E-state index contributed by atoms with van der Waals surface area (Å²) in [4.78, 5) is 12.5. The molecule has 1 N–H and O–H groups in total. The average molecular weight is 408 g/mol. The molecule has 2 rings (SSSR count). The molecule has 0 fully saturated rings. The van der Waals surface area contributed by atoms with Gasteiger partial charge in [-0.2, -0.15) is 0 Å². The van der Waals surface area contributed by atoms with Crippen LogP contribution in [0.4, 0.5) is 10.1 Å². The van der Waals surface area contributed by atoms with Gasteiger partial charge in [-0.25, -0.2) is 12.8 Å². The van der Waals surface area contributed by atoms with E-state index >= 15 is 0 Å². The number of nitrogens with zero attached hydrogens (tertiary/aromatic N) is 1. The van der Waals surface area contributed by atoms with Gasteiger partial charge < -0.3 is 10.1 Å². The smallest absolute Gasteiger partial charge is 0.264 e. The van der Waals surface area contributed by atoms with Crippen LogP contribution in [0.2, 0.25) is 0 Å². The Bertz CT molecular complexity index is 897. The summed E-state index contributed by atoms with van der Waals surface area (Å²) in [5.74, 6) is -0.664. The summed E-state index contributed by atoms with van der Waals surface area (Å²) in [5.41, 5.74) is 0.231. The number of benzene rings is 2.